The molecule has 0 aromatic rings. The van der Waals surface area contributed by atoms with Crippen molar-refractivity contribution in [1.82, 2.24) is 0 Å². The Hall–Kier alpha value is 2.14. The van der Waals surface area contributed by atoms with E-state index in [1.54, 1.807) is 0 Å². The minimum absolute atomic E-state index is 0. The van der Waals surface area contributed by atoms with Gasteiger partial charge in [0.05, 0.1) is 0 Å². The third-order valence-electron chi connectivity index (χ3n) is 0. The molecule has 0 aliphatic heterocycles. The maximum Gasteiger partial charge on any atom is 1.00 e. The van der Waals surface area contributed by atoms with Gasteiger partial charge in [-0.05, 0) is 0 Å². The van der Waals surface area contributed by atoms with Gasteiger partial charge in [-0.2, -0.15) is 0 Å². The summed E-state index contributed by atoms with van der Waals surface area (Å²) in [6, 6.07) is 0. The van der Waals surface area contributed by atoms with Gasteiger partial charge in [0.2, 0.25) is 0 Å². The molecule has 0 saturated heterocycles. The number of hydrogen-bond acceptors (Lipinski definition) is 0. The van der Waals surface area contributed by atoms with E-state index < -0.39 is 0 Å². The van der Waals surface area contributed by atoms with Gasteiger partial charge in [0.25, 0.3) is 0 Å². The van der Waals surface area contributed by atoms with Crippen LogP contribution in [0.3, 0.4) is 0 Å². The first kappa shape index (κ1) is 35.4. The molecule has 0 aliphatic carbocycles. The Labute approximate surface area is 70.7 Å². The van der Waals surface area contributed by atoms with Crippen molar-refractivity contribution in [2.24, 2.45) is 0 Å². The van der Waals surface area contributed by atoms with E-state index in [9.17, 15) is 0 Å². The van der Waals surface area contributed by atoms with Crippen molar-refractivity contribution in [3.8, 4) is 0 Å². The van der Waals surface area contributed by atoms with E-state index in [4.69, 9.17) is 0 Å². The molecule has 0 nitrogen and oxygen atoms in total. The summed E-state index contributed by atoms with van der Waals surface area (Å²) >= 11 is 0. The van der Waals surface area contributed by atoms with Gasteiger partial charge >= 0.3 is 18.9 Å². The largest absolute Gasteiger partial charge is 1.00 e. The van der Waals surface area contributed by atoms with Crippen LogP contribution in [0.15, 0.2) is 0 Å². The Bertz CT molecular complexity index is 11.6. The predicted octanol–water partition coefficient (Wildman–Crippen LogP) is -2.89. The predicted molar refractivity (Wildman–Crippen MR) is 1.11 cm³/mol. The fourth-order valence-electron chi connectivity index (χ4n) is 0. The summed E-state index contributed by atoms with van der Waals surface area (Å²) in [6.07, 6.45) is 0. The molecule has 0 N–H and O–H groups in total. The minimum atomic E-state index is 0. The zero-order valence-corrected chi connectivity index (χ0v) is 5.55. The van der Waals surface area contributed by atoms with Crippen LogP contribution in [0.4, 0.5) is 0 Å². The van der Waals surface area contributed by atoms with Crippen LogP contribution in [-0.4, -0.2) is 0 Å². The van der Waals surface area contributed by atoms with Crippen molar-refractivity contribution >= 4 is 0 Å². The van der Waals surface area contributed by atoms with Gasteiger partial charge in [0, 0.05) is 50.9 Å². The van der Waals surface area contributed by atoms with Crippen molar-refractivity contribution in [2.45, 2.75) is 0 Å². The van der Waals surface area contributed by atoms with E-state index in [1.807, 2.05) is 0 Å². The second kappa shape index (κ2) is 19.2. The summed E-state index contributed by atoms with van der Waals surface area (Å²) in [5, 5.41) is 0. The van der Waals surface area contributed by atoms with E-state index in [2.05, 4.69) is 0 Å². The smallest absolute Gasteiger partial charge is 1.00 e. The molecule has 0 bridgehead atoms. The first-order chi connectivity index (χ1) is 0. The van der Waals surface area contributed by atoms with E-state index >= 15 is 0 Å². The van der Waals surface area contributed by atoms with Gasteiger partial charge in [0.15, 0.2) is 0 Å². The second-order valence-corrected chi connectivity index (χ2v) is 0. The van der Waals surface area contributed by atoms with Crippen LogP contribution < -0.4 is 18.9 Å². The molecule has 0 rings (SSSR count). The molecule has 0 aromatic heterocycles. The molecule has 0 atom stereocenters. The summed E-state index contributed by atoms with van der Waals surface area (Å²) in [6.45, 7) is 0. The first-order valence-corrected chi connectivity index (χ1v) is 0. The van der Waals surface area contributed by atoms with E-state index in [-0.39, 0.29) is 71.2 Å². The third-order valence-corrected chi connectivity index (χ3v) is 0. The molecular weight excluding hydrogens is 173 g/mol. The van der Waals surface area contributed by atoms with Gasteiger partial charge in [-0.15, -0.1) is 0 Å². The molecule has 4 heavy (non-hydrogen) atoms. The molecule has 0 aliphatic rings. The molecular formula is HCrLiMnNi. The van der Waals surface area contributed by atoms with Gasteiger partial charge in [0.1, 0.15) is 0 Å². The topological polar surface area (TPSA) is 0 Å². The Balaban J connectivity index is 0. The first-order valence-electron chi connectivity index (χ1n) is 0. The SMILES string of the molecule is [Cr].[H-].[Li+].[Mn].[Ni]. The standard InChI is InChI=1S/Cr.Li.Mn.Ni.H/q;+1;;;-1. The average Bonchev–Trinajstić information content (AvgIpc) is 0. The Morgan fingerprint density at radius 2 is 1.25 bits per heavy atom. The monoisotopic (exact) mass is 173 g/mol. The molecule has 0 amide bonds. The zero-order valence-electron chi connectivity index (χ0n) is 3.10. The fraction of sp³-hybridized carbons (Fsp3) is 0. The Morgan fingerprint density at radius 3 is 1.25 bits per heavy atom. The molecule has 4 heteroatoms. The summed E-state index contributed by atoms with van der Waals surface area (Å²) in [4.78, 5) is 0. The third kappa shape index (κ3) is 8.91. The van der Waals surface area contributed by atoms with Crippen LogP contribution >= 0.6 is 0 Å². The number of rotatable bonds is 0. The average molecular weight is 174 g/mol. The quantitative estimate of drug-likeness (QED) is 0.345. The van der Waals surface area contributed by atoms with Crippen LogP contribution in [0.25, 0.3) is 0 Å². The van der Waals surface area contributed by atoms with E-state index in [0.717, 1.165) is 0 Å². The van der Waals surface area contributed by atoms with Crippen molar-refractivity contribution in [3.63, 3.8) is 0 Å². The summed E-state index contributed by atoms with van der Waals surface area (Å²) in [7, 11) is 0. The van der Waals surface area contributed by atoms with Crippen LogP contribution in [0.2, 0.25) is 0 Å². The van der Waals surface area contributed by atoms with Gasteiger partial charge in [-0.3, -0.25) is 0 Å². The Morgan fingerprint density at radius 1 is 1.25 bits per heavy atom. The van der Waals surface area contributed by atoms with Crippen LogP contribution in [-0.2, 0) is 50.9 Å². The van der Waals surface area contributed by atoms with E-state index in [0.29, 0.717) is 0 Å². The van der Waals surface area contributed by atoms with Gasteiger partial charge < -0.3 is 1.43 Å². The summed E-state index contributed by atoms with van der Waals surface area (Å²) in [5.41, 5.74) is 0. The van der Waals surface area contributed by atoms with Gasteiger partial charge in [-0.1, -0.05) is 0 Å². The molecule has 0 aromatic carbocycles. The molecule has 0 saturated carbocycles. The molecule has 25 valence electrons. The van der Waals surface area contributed by atoms with Crippen LogP contribution in [0.5, 0.6) is 0 Å². The molecule has 0 heterocycles. The second-order valence-electron chi connectivity index (χ2n) is 0. The fourth-order valence-corrected chi connectivity index (χ4v) is 0. The molecule has 0 unspecified atom stereocenters. The summed E-state index contributed by atoms with van der Waals surface area (Å²) in [5.74, 6) is 0. The van der Waals surface area contributed by atoms with Crippen molar-refractivity contribution in [2.75, 3.05) is 0 Å². The van der Waals surface area contributed by atoms with Crippen molar-refractivity contribution < 1.29 is 71.2 Å². The normalized spacial score (nSPS) is 0. The van der Waals surface area contributed by atoms with Crippen LogP contribution in [0.1, 0.15) is 1.43 Å². The Kier molecular flexibility index (Phi) is 170. The molecule has 0 fully saturated rings. The zero-order chi connectivity index (χ0) is 0. The van der Waals surface area contributed by atoms with Crippen molar-refractivity contribution in [3.05, 3.63) is 0 Å². The maximum atomic E-state index is 0. The maximum absolute atomic E-state index is 0. The minimum Gasteiger partial charge on any atom is -1.00 e. The van der Waals surface area contributed by atoms with Crippen molar-refractivity contribution in [1.29, 1.82) is 0 Å². The number of hydrogen-bond donors (Lipinski definition) is 0. The van der Waals surface area contributed by atoms with Gasteiger partial charge in [-0.25, -0.2) is 0 Å². The van der Waals surface area contributed by atoms with Crippen LogP contribution in [0, 0.1) is 0 Å². The summed E-state index contributed by atoms with van der Waals surface area (Å²) < 4.78 is 0. The molecule has 1 radical (unpaired) electrons. The van der Waals surface area contributed by atoms with E-state index in [1.165, 1.54) is 0 Å². The molecule has 0 spiro atoms.